The second-order valence-electron chi connectivity index (χ2n) is 6.08. The van der Waals surface area contributed by atoms with Crippen molar-refractivity contribution in [3.05, 3.63) is 23.2 Å². The Labute approximate surface area is 160 Å². The number of piperazine rings is 1. The van der Waals surface area contributed by atoms with Crippen LogP contribution in [0.15, 0.2) is 23.1 Å². The van der Waals surface area contributed by atoms with E-state index in [1.54, 1.807) is 4.90 Å². The first kappa shape index (κ1) is 21.0. The monoisotopic (exact) mass is 403 g/mol. The number of sulfonamides is 1. The molecule has 0 spiro atoms. The molecule has 1 heterocycles. The van der Waals surface area contributed by atoms with Crippen molar-refractivity contribution in [1.29, 1.82) is 0 Å². The molecular formula is C17H26ClN3O4S. The zero-order chi connectivity index (χ0) is 19.2. The molecule has 0 atom stereocenters. The van der Waals surface area contributed by atoms with Gasteiger partial charge in [0.25, 0.3) is 0 Å². The first-order valence-corrected chi connectivity index (χ1v) is 10.5. The standard InChI is InChI=1S/C17H26ClN3O4S/c1-3-9-21(10-6-17(22)20-11-7-19-8-12-20)26(23,24)14-4-5-16(25-2)15(18)13-14/h4-5,13,19H,3,6-12H2,1-2H3. The van der Waals surface area contributed by atoms with Gasteiger partial charge in [0.1, 0.15) is 5.75 Å². The highest BCUT2D eigenvalue weighted by atomic mass is 35.5. The van der Waals surface area contributed by atoms with E-state index in [2.05, 4.69) is 5.32 Å². The largest absolute Gasteiger partial charge is 0.495 e. The molecule has 1 aliphatic heterocycles. The molecule has 1 fully saturated rings. The van der Waals surface area contributed by atoms with Gasteiger partial charge in [-0.2, -0.15) is 4.31 Å². The van der Waals surface area contributed by atoms with Gasteiger partial charge in [-0.25, -0.2) is 8.42 Å². The Hall–Kier alpha value is -1.35. The fourth-order valence-corrected chi connectivity index (χ4v) is 4.73. The Morgan fingerprint density at radius 3 is 2.58 bits per heavy atom. The number of ether oxygens (including phenoxy) is 1. The maximum absolute atomic E-state index is 13.0. The summed E-state index contributed by atoms with van der Waals surface area (Å²) < 4.78 is 32.3. The summed E-state index contributed by atoms with van der Waals surface area (Å²) in [5.74, 6) is 0.400. The van der Waals surface area contributed by atoms with Crippen LogP contribution in [0.1, 0.15) is 19.8 Å². The molecule has 1 aliphatic rings. The Morgan fingerprint density at radius 2 is 2.00 bits per heavy atom. The number of nitrogens with one attached hydrogen (secondary N) is 1. The summed E-state index contributed by atoms with van der Waals surface area (Å²) in [6, 6.07) is 4.39. The topological polar surface area (TPSA) is 79.0 Å². The van der Waals surface area contributed by atoms with Crippen LogP contribution in [0.4, 0.5) is 0 Å². The van der Waals surface area contributed by atoms with Crippen LogP contribution in [-0.4, -0.2) is 69.9 Å². The number of carbonyl (C=O) groups is 1. The van der Waals surface area contributed by atoms with Gasteiger partial charge in [0.05, 0.1) is 17.0 Å². The van der Waals surface area contributed by atoms with E-state index in [0.29, 0.717) is 31.8 Å². The predicted molar refractivity (Wildman–Crippen MR) is 101 cm³/mol. The molecule has 7 nitrogen and oxygen atoms in total. The zero-order valence-corrected chi connectivity index (χ0v) is 16.8. The molecule has 146 valence electrons. The number of hydrogen-bond donors (Lipinski definition) is 1. The third-order valence-electron chi connectivity index (χ3n) is 4.28. The quantitative estimate of drug-likeness (QED) is 0.712. The summed E-state index contributed by atoms with van der Waals surface area (Å²) in [6.07, 6.45) is 0.827. The van der Waals surface area contributed by atoms with E-state index >= 15 is 0 Å². The molecule has 0 unspecified atom stereocenters. The first-order valence-electron chi connectivity index (χ1n) is 8.72. The van der Waals surface area contributed by atoms with Crippen molar-refractivity contribution in [1.82, 2.24) is 14.5 Å². The van der Waals surface area contributed by atoms with Crippen molar-refractivity contribution >= 4 is 27.5 Å². The smallest absolute Gasteiger partial charge is 0.243 e. The SMILES string of the molecule is CCCN(CCC(=O)N1CCNCC1)S(=O)(=O)c1ccc(OC)c(Cl)c1. The van der Waals surface area contributed by atoms with Crippen LogP contribution in [0, 0.1) is 0 Å². The van der Waals surface area contributed by atoms with Crippen LogP contribution in [-0.2, 0) is 14.8 Å². The lowest BCUT2D eigenvalue weighted by Gasteiger charge is -2.28. The Bertz CT molecular complexity index is 721. The molecule has 0 bridgehead atoms. The molecule has 1 aromatic rings. The number of halogens is 1. The molecule has 1 saturated heterocycles. The van der Waals surface area contributed by atoms with Gasteiger partial charge in [0, 0.05) is 45.7 Å². The summed E-state index contributed by atoms with van der Waals surface area (Å²) >= 11 is 6.07. The maximum atomic E-state index is 13.0. The minimum Gasteiger partial charge on any atom is -0.495 e. The molecule has 9 heteroatoms. The number of amides is 1. The minimum absolute atomic E-state index is 0.0180. The fraction of sp³-hybridized carbons (Fsp3) is 0.588. The van der Waals surface area contributed by atoms with Crippen molar-refractivity contribution in [2.24, 2.45) is 0 Å². The third-order valence-corrected chi connectivity index (χ3v) is 6.47. The highest BCUT2D eigenvalue weighted by Gasteiger charge is 2.26. The molecule has 0 aromatic heterocycles. The van der Waals surface area contributed by atoms with Crippen LogP contribution in [0.3, 0.4) is 0 Å². The summed E-state index contributed by atoms with van der Waals surface area (Å²) in [5, 5.41) is 3.43. The Morgan fingerprint density at radius 1 is 1.31 bits per heavy atom. The third kappa shape index (κ3) is 5.09. The second kappa shape index (κ2) is 9.55. The van der Waals surface area contributed by atoms with Gasteiger partial charge >= 0.3 is 0 Å². The molecule has 0 radical (unpaired) electrons. The van der Waals surface area contributed by atoms with E-state index in [4.69, 9.17) is 16.3 Å². The highest BCUT2D eigenvalue weighted by molar-refractivity contribution is 7.89. The molecule has 1 amide bonds. The van der Waals surface area contributed by atoms with E-state index in [9.17, 15) is 13.2 Å². The number of hydrogen-bond acceptors (Lipinski definition) is 5. The van der Waals surface area contributed by atoms with Gasteiger partial charge in [-0.1, -0.05) is 18.5 Å². The van der Waals surface area contributed by atoms with E-state index in [1.165, 1.54) is 29.6 Å². The lowest BCUT2D eigenvalue weighted by molar-refractivity contribution is -0.131. The van der Waals surface area contributed by atoms with E-state index < -0.39 is 10.0 Å². The molecule has 26 heavy (non-hydrogen) atoms. The van der Waals surface area contributed by atoms with E-state index in [1.807, 2.05) is 6.92 Å². The Kier molecular flexibility index (Phi) is 7.69. The number of methoxy groups -OCH3 is 1. The van der Waals surface area contributed by atoms with Gasteiger partial charge in [0.2, 0.25) is 15.9 Å². The molecule has 0 saturated carbocycles. The van der Waals surface area contributed by atoms with Gasteiger partial charge < -0.3 is 15.0 Å². The zero-order valence-electron chi connectivity index (χ0n) is 15.2. The minimum atomic E-state index is -3.73. The number of benzene rings is 1. The van der Waals surface area contributed by atoms with Gasteiger partial charge in [-0.05, 0) is 24.6 Å². The average Bonchev–Trinajstić information content (AvgIpc) is 2.65. The normalized spacial score (nSPS) is 15.3. The summed E-state index contributed by atoms with van der Waals surface area (Å²) in [5.41, 5.74) is 0. The van der Waals surface area contributed by atoms with E-state index in [0.717, 1.165) is 13.1 Å². The summed E-state index contributed by atoms with van der Waals surface area (Å²) in [6.45, 7) is 5.27. The molecule has 1 N–H and O–H groups in total. The van der Waals surface area contributed by atoms with Crippen molar-refractivity contribution in [2.75, 3.05) is 46.4 Å². The van der Waals surface area contributed by atoms with Gasteiger partial charge in [0.15, 0.2) is 0 Å². The van der Waals surface area contributed by atoms with Crippen LogP contribution in [0.5, 0.6) is 5.75 Å². The van der Waals surface area contributed by atoms with Crippen molar-refractivity contribution in [2.45, 2.75) is 24.7 Å². The molecule has 1 aromatic carbocycles. The van der Waals surface area contributed by atoms with Crippen LogP contribution in [0.2, 0.25) is 5.02 Å². The molecular weight excluding hydrogens is 378 g/mol. The van der Waals surface area contributed by atoms with Gasteiger partial charge in [-0.15, -0.1) is 0 Å². The summed E-state index contributed by atoms with van der Waals surface area (Å²) in [7, 11) is -2.25. The number of nitrogens with zero attached hydrogens (tertiary/aromatic N) is 2. The van der Waals surface area contributed by atoms with E-state index in [-0.39, 0.29) is 28.8 Å². The Balaban J connectivity index is 2.11. The maximum Gasteiger partial charge on any atom is 0.243 e. The van der Waals surface area contributed by atoms with Crippen molar-refractivity contribution in [3.63, 3.8) is 0 Å². The number of rotatable bonds is 8. The number of carbonyl (C=O) groups excluding carboxylic acids is 1. The lowest BCUT2D eigenvalue weighted by atomic mass is 10.3. The van der Waals surface area contributed by atoms with Crippen molar-refractivity contribution in [3.8, 4) is 5.75 Å². The van der Waals surface area contributed by atoms with Crippen molar-refractivity contribution < 1.29 is 17.9 Å². The van der Waals surface area contributed by atoms with Crippen LogP contribution < -0.4 is 10.1 Å². The fourth-order valence-electron chi connectivity index (χ4n) is 2.85. The van der Waals surface area contributed by atoms with Crippen LogP contribution in [0.25, 0.3) is 0 Å². The van der Waals surface area contributed by atoms with Gasteiger partial charge in [-0.3, -0.25) is 4.79 Å². The highest BCUT2D eigenvalue weighted by Crippen LogP contribution is 2.28. The average molecular weight is 404 g/mol. The molecule has 2 rings (SSSR count). The lowest BCUT2D eigenvalue weighted by Crippen LogP contribution is -2.47. The second-order valence-corrected chi connectivity index (χ2v) is 8.43. The predicted octanol–water partition coefficient (Wildman–Crippen LogP) is 1.57. The van der Waals surface area contributed by atoms with Crippen LogP contribution >= 0.6 is 11.6 Å². The summed E-state index contributed by atoms with van der Waals surface area (Å²) in [4.78, 5) is 14.2. The first-order chi connectivity index (χ1) is 12.4. The molecule has 0 aliphatic carbocycles.